The van der Waals surface area contributed by atoms with E-state index in [9.17, 15) is 9.59 Å². The molecule has 3 aromatic heterocycles. The van der Waals surface area contributed by atoms with Crippen molar-refractivity contribution in [1.29, 1.82) is 0 Å². The van der Waals surface area contributed by atoms with Crippen LogP contribution in [0.5, 0.6) is 0 Å². The van der Waals surface area contributed by atoms with Gasteiger partial charge in [0.1, 0.15) is 11.3 Å². The number of anilines is 1. The van der Waals surface area contributed by atoms with Crippen LogP contribution in [0.15, 0.2) is 54.9 Å². The number of carbonyl (C=O) groups is 2. The molecule has 1 fully saturated rings. The maximum atomic E-state index is 12.9. The van der Waals surface area contributed by atoms with Crippen LogP contribution >= 0.6 is 0 Å². The zero-order valence-corrected chi connectivity index (χ0v) is 17.7. The van der Waals surface area contributed by atoms with E-state index in [0.29, 0.717) is 30.1 Å². The van der Waals surface area contributed by atoms with Crippen molar-refractivity contribution in [2.45, 2.75) is 12.8 Å². The number of rotatable bonds is 4. The van der Waals surface area contributed by atoms with Crippen molar-refractivity contribution in [3.63, 3.8) is 0 Å². The maximum Gasteiger partial charge on any atom is 0.409 e. The van der Waals surface area contributed by atoms with E-state index in [1.807, 2.05) is 55.6 Å². The highest BCUT2D eigenvalue weighted by Crippen LogP contribution is 2.30. The summed E-state index contributed by atoms with van der Waals surface area (Å²) >= 11 is 0. The number of nitrogens with one attached hydrogen (secondary N) is 2. The van der Waals surface area contributed by atoms with Gasteiger partial charge in [0.25, 0.3) is 5.91 Å². The summed E-state index contributed by atoms with van der Waals surface area (Å²) in [6.45, 7) is 3.14. The molecule has 0 saturated carbocycles. The molecule has 1 aliphatic heterocycles. The largest absolute Gasteiger partial charge is 0.453 e. The molecule has 0 radical (unpaired) electrons. The molecule has 2 N–H and O–H groups in total. The average molecular weight is 430 g/mol. The quantitative estimate of drug-likeness (QED) is 0.516. The topological polar surface area (TPSA) is 105 Å². The molecular weight excluding hydrogens is 408 g/mol. The highest BCUT2D eigenvalue weighted by Gasteiger charge is 2.33. The number of benzene rings is 1. The number of pyridine rings is 1. The van der Waals surface area contributed by atoms with Crippen molar-refractivity contribution in [2.24, 2.45) is 0 Å². The van der Waals surface area contributed by atoms with Gasteiger partial charge in [-0.25, -0.2) is 9.78 Å². The van der Waals surface area contributed by atoms with E-state index in [1.165, 1.54) is 7.11 Å². The highest BCUT2D eigenvalue weighted by atomic mass is 16.5. The zero-order chi connectivity index (χ0) is 22.2. The summed E-state index contributed by atoms with van der Waals surface area (Å²) in [6.07, 6.45) is 3.07. The lowest BCUT2D eigenvalue weighted by Gasteiger charge is -2.37. The molecule has 9 heteroatoms. The Labute approximate surface area is 184 Å². The van der Waals surface area contributed by atoms with Gasteiger partial charge in [-0.2, -0.15) is 5.10 Å². The summed E-state index contributed by atoms with van der Waals surface area (Å²) in [6, 6.07) is 13.4. The highest BCUT2D eigenvalue weighted by molar-refractivity contribution is 6.04. The molecular formula is C23H22N6O3. The molecule has 1 aliphatic rings. The van der Waals surface area contributed by atoms with E-state index < -0.39 is 0 Å². The third kappa shape index (κ3) is 3.47. The average Bonchev–Trinajstić information content (AvgIpc) is 3.41. The van der Waals surface area contributed by atoms with Crippen molar-refractivity contribution < 1.29 is 14.3 Å². The number of amides is 2. The van der Waals surface area contributed by atoms with Crippen LogP contribution in [0.2, 0.25) is 0 Å². The summed E-state index contributed by atoms with van der Waals surface area (Å²) in [5.74, 6) is -0.0286. The summed E-state index contributed by atoms with van der Waals surface area (Å²) in [4.78, 5) is 30.4. The number of H-pyrrole nitrogens is 1. The van der Waals surface area contributed by atoms with E-state index in [-0.39, 0.29) is 17.9 Å². The second-order valence-electron chi connectivity index (χ2n) is 7.84. The molecule has 32 heavy (non-hydrogen) atoms. The summed E-state index contributed by atoms with van der Waals surface area (Å²) in [7, 11) is 1.38. The number of methoxy groups -OCH3 is 1. The Bertz CT molecular complexity index is 1320. The minimum atomic E-state index is -0.314. The van der Waals surface area contributed by atoms with Crippen LogP contribution in [0, 0.1) is 6.92 Å². The van der Waals surface area contributed by atoms with Crippen LogP contribution in [-0.2, 0) is 4.74 Å². The van der Waals surface area contributed by atoms with Gasteiger partial charge in [0.15, 0.2) is 0 Å². The normalized spacial score (nSPS) is 13.8. The first kappa shape index (κ1) is 19.8. The lowest BCUT2D eigenvalue weighted by Crippen LogP contribution is -2.48. The predicted molar refractivity (Wildman–Crippen MR) is 119 cm³/mol. The number of aryl methyl sites for hydroxylation is 1. The first-order valence-corrected chi connectivity index (χ1v) is 10.3. The van der Waals surface area contributed by atoms with Crippen molar-refractivity contribution in [2.75, 3.05) is 25.5 Å². The standard InChI is InChI=1S/C23H22N6O3/c1-14-6-7-15(18-10-19(27-26-18)16-12-28(13-16)23(31)32-2)9-17(14)25-22(30)20-11-24-21-5-3-4-8-29(20)21/h3-11,16H,12-13H2,1-2H3,(H,25,30)(H,26,27). The first-order chi connectivity index (χ1) is 15.5. The van der Waals surface area contributed by atoms with Gasteiger partial charge in [0, 0.05) is 42.1 Å². The smallest absolute Gasteiger partial charge is 0.409 e. The van der Waals surface area contributed by atoms with Crippen LogP contribution in [0.4, 0.5) is 10.5 Å². The number of fused-ring (bicyclic) bond motifs is 1. The molecule has 0 atom stereocenters. The lowest BCUT2D eigenvalue weighted by atomic mass is 9.96. The fourth-order valence-electron chi connectivity index (χ4n) is 3.85. The van der Waals surface area contributed by atoms with Gasteiger partial charge < -0.3 is 15.0 Å². The number of aromatic amines is 1. The number of imidazole rings is 1. The van der Waals surface area contributed by atoms with Crippen molar-refractivity contribution in [3.05, 3.63) is 71.8 Å². The molecule has 5 rings (SSSR count). The Kier molecular flexibility index (Phi) is 4.85. The number of likely N-dealkylation sites (tertiary alicyclic amines) is 1. The van der Waals surface area contributed by atoms with Gasteiger partial charge in [-0.3, -0.25) is 14.3 Å². The molecule has 162 valence electrons. The van der Waals surface area contributed by atoms with E-state index >= 15 is 0 Å². The number of ether oxygens (including phenoxy) is 1. The van der Waals surface area contributed by atoms with Crippen LogP contribution in [0.1, 0.15) is 27.7 Å². The number of carbonyl (C=O) groups excluding carboxylic acids is 2. The van der Waals surface area contributed by atoms with Gasteiger partial charge in [0.2, 0.25) is 0 Å². The lowest BCUT2D eigenvalue weighted by molar-refractivity contribution is 0.0872. The molecule has 2 amide bonds. The number of hydrogen-bond donors (Lipinski definition) is 2. The van der Waals surface area contributed by atoms with Gasteiger partial charge >= 0.3 is 6.09 Å². The predicted octanol–water partition coefficient (Wildman–Crippen LogP) is 3.45. The van der Waals surface area contributed by atoms with Crippen LogP contribution in [-0.4, -0.2) is 56.7 Å². The summed E-state index contributed by atoms with van der Waals surface area (Å²) in [5.41, 5.74) is 5.47. The van der Waals surface area contributed by atoms with Crippen LogP contribution in [0.25, 0.3) is 16.9 Å². The van der Waals surface area contributed by atoms with Gasteiger partial charge in [-0.1, -0.05) is 18.2 Å². The number of aromatic nitrogens is 4. The number of hydrogen-bond acceptors (Lipinski definition) is 5. The fourth-order valence-corrected chi connectivity index (χ4v) is 3.85. The molecule has 4 heterocycles. The molecule has 1 saturated heterocycles. The molecule has 9 nitrogen and oxygen atoms in total. The second-order valence-corrected chi connectivity index (χ2v) is 7.84. The van der Waals surface area contributed by atoms with E-state index in [2.05, 4.69) is 20.5 Å². The third-order valence-electron chi connectivity index (χ3n) is 5.78. The molecule has 0 spiro atoms. The van der Waals surface area contributed by atoms with Gasteiger partial charge in [-0.05, 0) is 36.8 Å². The van der Waals surface area contributed by atoms with Crippen molar-refractivity contribution >= 4 is 23.3 Å². The van der Waals surface area contributed by atoms with Crippen LogP contribution < -0.4 is 5.32 Å². The van der Waals surface area contributed by atoms with E-state index in [0.717, 1.165) is 22.5 Å². The van der Waals surface area contributed by atoms with Gasteiger partial charge in [-0.15, -0.1) is 0 Å². The SMILES string of the molecule is COC(=O)N1CC(c2cc(-c3ccc(C)c(NC(=O)c4cnc5ccccn45)c3)n[nH]2)C1. The molecule has 0 aliphatic carbocycles. The van der Waals surface area contributed by atoms with Crippen molar-refractivity contribution in [3.8, 4) is 11.3 Å². The minimum absolute atomic E-state index is 0.204. The summed E-state index contributed by atoms with van der Waals surface area (Å²) < 4.78 is 6.50. The van der Waals surface area contributed by atoms with Crippen LogP contribution in [0.3, 0.4) is 0 Å². The monoisotopic (exact) mass is 430 g/mol. The summed E-state index contributed by atoms with van der Waals surface area (Å²) in [5, 5.41) is 10.5. The number of nitrogens with zero attached hydrogens (tertiary/aromatic N) is 4. The second kappa shape index (κ2) is 7.84. The Morgan fingerprint density at radius 1 is 1.19 bits per heavy atom. The Hall–Kier alpha value is -4.14. The molecule has 0 unspecified atom stereocenters. The Balaban J connectivity index is 1.34. The first-order valence-electron chi connectivity index (χ1n) is 10.3. The maximum absolute atomic E-state index is 12.9. The Morgan fingerprint density at radius 2 is 2.03 bits per heavy atom. The van der Waals surface area contributed by atoms with E-state index in [4.69, 9.17) is 4.74 Å². The fraction of sp³-hybridized carbons (Fsp3) is 0.217. The minimum Gasteiger partial charge on any atom is -0.453 e. The third-order valence-corrected chi connectivity index (χ3v) is 5.78. The molecule has 4 aromatic rings. The Morgan fingerprint density at radius 3 is 2.84 bits per heavy atom. The zero-order valence-electron chi connectivity index (χ0n) is 17.7. The van der Waals surface area contributed by atoms with E-state index in [1.54, 1.807) is 15.5 Å². The molecule has 0 bridgehead atoms. The van der Waals surface area contributed by atoms with Gasteiger partial charge in [0.05, 0.1) is 19.0 Å². The van der Waals surface area contributed by atoms with Crippen molar-refractivity contribution in [1.82, 2.24) is 24.5 Å². The molecule has 1 aromatic carbocycles.